The van der Waals surface area contributed by atoms with Crippen molar-refractivity contribution in [2.24, 2.45) is 0 Å². The molecule has 0 aliphatic heterocycles. The minimum absolute atomic E-state index is 0.0851. The third-order valence-electron chi connectivity index (χ3n) is 2.91. The molecule has 2 aromatic heterocycles. The van der Waals surface area contributed by atoms with E-state index in [0.717, 1.165) is 0 Å². The molecule has 0 radical (unpaired) electrons. The van der Waals surface area contributed by atoms with Crippen molar-refractivity contribution in [2.75, 3.05) is 0 Å². The third kappa shape index (κ3) is 2.05. The topological polar surface area (TPSA) is 68.0 Å². The average molecular weight is 265 g/mol. The van der Waals surface area contributed by atoms with Crippen molar-refractivity contribution in [3.63, 3.8) is 0 Å². The molecule has 0 amide bonds. The highest BCUT2D eigenvalue weighted by Crippen LogP contribution is 2.29. The van der Waals surface area contributed by atoms with Gasteiger partial charge in [-0.05, 0) is 24.3 Å². The number of aromatic hydroxyl groups is 1. The summed E-state index contributed by atoms with van der Waals surface area (Å²) in [4.78, 5) is 15.4. The van der Waals surface area contributed by atoms with E-state index >= 15 is 0 Å². The second-order valence-corrected chi connectivity index (χ2v) is 4.20. The number of aldehydes is 1. The number of phenolic OH excluding ortho intramolecular Hbond substituents is 1. The molecule has 3 aromatic rings. The van der Waals surface area contributed by atoms with Crippen LogP contribution in [0.4, 0.5) is 0 Å². The molecule has 98 valence electrons. The van der Waals surface area contributed by atoms with Gasteiger partial charge in [0.25, 0.3) is 0 Å². The number of aromatic nitrogens is 3. The molecule has 5 heteroatoms. The van der Waals surface area contributed by atoms with Crippen molar-refractivity contribution in [3.8, 4) is 22.8 Å². The van der Waals surface area contributed by atoms with Crippen LogP contribution >= 0.6 is 0 Å². The Morgan fingerprint density at radius 1 is 1.10 bits per heavy atom. The largest absolute Gasteiger partial charge is 0.507 e. The zero-order chi connectivity index (χ0) is 13.9. The van der Waals surface area contributed by atoms with E-state index in [1.807, 2.05) is 6.07 Å². The maximum atomic E-state index is 11.2. The monoisotopic (exact) mass is 265 g/mol. The molecule has 0 saturated heterocycles. The van der Waals surface area contributed by atoms with Crippen LogP contribution in [0.2, 0.25) is 0 Å². The molecular formula is C15H11N3O2. The zero-order valence-corrected chi connectivity index (χ0v) is 10.5. The molecule has 0 aliphatic rings. The summed E-state index contributed by atoms with van der Waals surface area (Å²) < 4.78 is 1.52. The molecule has 3 rings (SSSR count). The highest BCUT2D eigenvalue weighted by Gasteiger charge is 2.14. The maximum absolute atomic E-state index is 11.2. The maximum Gasteiger partial charge on any atom is 0.153 e. The van der Waals surface area contributed by atoms with Crippen LogP contribution in [0.1, 0.15) is 10.4 Å². The van der Waals surface area contributed by atoms with Gasteiger partial charge in [-0.15, -0.1) is 0 Å². The predicted molar refractivity (Wildman–Crippen MR) is 73.8 cm³/mol. The van der Waals surface area contributed by atoms with Crippen molar-refractivity contribution in [1.29, 1.82) is 0 Å². The van der Waals surface area contributed by atoms with Gasteiger partial charge in [0, 0.05) is 18.0 Å². The molecule has 0 saturated carbocycles. The lowest BCUT2D eigenvalue weighted by molar-refractivity contribution is 0.112. The van der Waals surface area contributed by atoms with Crippen LogP contribution in [0.5, 0.6) is 5.75 Å². The summed E-state index contributed by atoms with van der Waals surface area (Å²) in [7, 11) is 0. The zero-order valence-electron chi connectivity index (χ0n) is 10.5. The van der Waals surface area contributed by atoms with Gasteiger partial charge in [-0.1, -0.05) is 18.2 Å². The summed E-state index contributed by atoms with van der Waals surface area (Å²) in [6.45, 7) is 0. The van der Waals surface area contributed by atoms with E-state index in [1.165, 1.54) is 4.68 Å². The van der Waals surface area contributed by atoms with Crippen molar-refractivity contribution in [2.45, 2.75) is 0 Å². The number of pyridine rings is 1. The van der Waals surface area contributed by atoms with Crippen LogP contribution in [0.3, 0.4) is 0 Å². The molecule has 0 spiro atoms. The molecule has 0 aliphatic carbocycles. The van der Waals surface area contributed by atoms with E-state index < -0.39 is 0 Å². The minimum atomic E-state index is 0.0851. The first kappa shape index (κ1) is 12.1. The van der Waals surface area contributed by atoms with Crippen molar-refractivity contribution < 1.29 is 9.90 Å². The summed E-state index contributed by atoms with van der Waals surface area (Å²) in [5.74, 6) is 0.694. The molecule has 0 fully saturated rings. The first-order valence-corrected chi connectivity index (χ1v) is 6.04. The summed E-state index contributed by atoms with van der Waals surface area (Å²) in [5, 5.41) is 14.2. The second-order valence-electron chi connectivity index (χ2n) is 4.20. The number of para-hydroxylation sites is 1. The van der Waals surface area contributed by atoms with Gasteiger partial charge in [0.1, 0.15) is 11.4 Å². The first-order valence-electron chi connectivity index (χ1n) is 6.04. The van der Waals surface area contributed by atoms with E-state index in [-0.39, 0.29) is 5.75 Å². The van der Waals surface area contributed by atoms with Crippen LogP contribution < -0.4 is 0 Å². The van der Waals surface area contributed by atoms with Gasteiger partial charge in [-0.25, -0.2) is 9.67 Å². The van der Waals surface area contributed by atoms with Crippen LogP contribution in [0.25, 0.3) is 17.1 Å². The number of nitrogens with zero attached hydrogens (tertiary/aromatic N) is 3. The molecule has 1 aromatic carbocycles. The Balaban J connectivity index is 2.16. The lowest BCUT2D eigenvalue weighted by atomic mass is 10.1. The molecule has 2 heterocycles. The van der Waals surface area contributed by atoms with Gasteiger partial charge < -0.3 is 5.11 Å². The fraction of sp³-hybridized carbons (Fsp3) is 0. The van der Waals surface area contributed by atoms with Gasteiger partial charge in [0.05, 0.1) is 5.56 Å². The fourth-order valence-corrected chi connectivity index (χ4v) is 1.96. The molecule has 0 atom stereocenters. The minimum Gasteiger partial charge on any atom is -0.507 e. The Hall–Kier alpha value is -2.95. The summed E-state index contributed by atoms with van der Waals surface area (Å²) in [6, 6.07) is 12.2. The van der Waals surface area contributed by atoms with E-state index in [1.54, 1.807) is 48.8 Å². The van der Waals surface area contributed by atoms with E-state index in [2.05, 4.69) is 10.1 Å². The second kappa shape index (κ2) is 4.97. The Kier molecular flexibility index (Phi) is 3.01. The number of benzene rings is 1. The lowest BCUT2D eigenvalue weighted by Crippen LogP contribution is -1.97. The number of hydrogen-bond acceptors (Lipinski definition) is 4. The molecule has 0 unspecified atom stereocenters. The summed E-state index contributed by atoms with van der Waals surface area (Å²) >= 11 is 0. The van der Waals surface area contributed by atoms with Crippen LogP contribution in [0.15, 0.2) is 54.9 Å². The molecule has 20 heavy (non-hydrogen) atoms. The van der Waals surface area contributed by atoms with Crippen molar-refractivity contribution in [1.82, 2.24) is 14.8 Å². The molecule has 1 N–H and O–H groups in total. The Morgan fingerprint density at radius 3 is 2.60 bits per heavy atom. The van der Waals surface area contributed by atoms with Crippen molar-refractivity contribution in [3.05, 3.63) is 60.4 Å². The number of carbonyl (C=O) groups is 1. The van der Waals surface area contributed by atoms with E-state index in [0.29, 0.717) is 28.9 Å². The normalized spacial score (nSPS) is 10.4. The molecular weight excluding hydrogens is 254 g/mol. The summed E-state index contributed by atoms with van der Waals surface area (Å²) in [5.41, 5.74) is 1.35. The SMILES string of the molecule is O=Cc1cn(-c2ccccn2)nc1-c1ccccc1O. The highest BCUT2D eigenvalue weighted by atomic mass is 16.3. The lowest BCUT2D eigenvalue weighted by Gasteiger charge is -2.01. The number of carbonyl (C=O) groups excluding carboxylic acids is 1. The van der Waals surface area contributed by atoms with Crippen LogP contribution in [0, 0.1) is 0 Å². The first-order chi connectivity index (χ1) is 9.79. The average Bonchev–Trinajstić information content (AvgIpc) is 2.93. The molecule has 5 nitrogen and oxygen atoms in total. The fourth-order valence-electron chi connectivity index (χ4n) is 1.96. The van der Waals surface area contributed by atoms with E-state index in [4.69, 9.17) is 0 Å². The smallest absolute Gasteiger partial charge is 0.153 e. The Bertz CT molecular complexity index is 751. The number of hydrogen-bond donors (Lipinski definition) is 1. The summed E-state index contributed by atoms with van der Waals surface area (Å²) in [6.07, 6.45) is 3.96. The van der Waals surface area contributed by atoms with Gasteiger partial charge in [0.2, 0.25) is 0 Å². The quantitative estimate of drug-likeness (QED) is 0.738. The number of rotatable bonds is 3. The third-order valence-corrected chi connectivity index (χ3v) is 2.91. The van der Waals surface area contributed by atoms with Gasteiger partial charge in [-0.2, -0.15) is 5.10 Å². The van der Waals surface area contributed by atoms with Crippen LogP contribution in [-0.2, 0) is 0 Å². The van der Waals surface area contributed by atoms with Gasteiger partial charge >= 0.3 is 0 Å². The highest BCUT2D eigenvalue weighted by molar-refractivity contribution is 5.87. The van der Waals surface area contributed by atoms with Crippen LogP contribution in [-0.4, -0.2) is 26.2 Å². The van der Waals surface area contributed by atoms with E-state index in [9.17, 15) is 9.90 Å². The predicted octanol–water partition coefficient (Wildman–Crippen LogP) is 2.45. The van der Waals surface area contributed by atoms with Gasteiger partial charge in [-0.3, -0.25) is 4.79 Å². The Morgan fingerprint density at radius 2 is 1.90 bits per heavy atom. The standard InChI is InChI=1S/C15H11N3O2/c19-10-11-9-18(14-7-3-4-8-16-14)17-15(11)12-5-1-2-6-13(12)20/h1-10,20H. The number of phenols is 1. The molecule has 0 bridgehead atoms. The Labute approximate surface area is 115 Å². The van der Waals surface area contributed by atoms with Crippen molar-refractivity contribution >= 4 is 6.29 Å². The van der Waals surface area contributed by atoms with Gasteiger partial charge in [0.15, 0.2) is 12.1 Å².